The van der Waals surface area contributed by atoms with E-state index >= 15 is 0 Å². The lowest BCUT2D eigenvalue weighted by molar-refractivity contribution is 0.523. The van der Waals surface area contributed by atoms with E-state index in [-0.39, 0.29) is 0 Å². The monoisotopic (exact) mass is 497 g/mol. The van der Waals surface area contributed by atoms with Crippen LogP contribution in [0.15, 0.2) is 0 Å². The van der Waals surface area contributed by atoms with Crippen LogP contribution in [-0.4, -0.2) is 11.5 Å². The molecule has 0 spiro atoms. The summed E-state index contributed by atoms with van der Waals surface area (Å²) in [5.74, 6) is 2.82. The van der Waals surface area contributed by atoms with Crippen LogP contribution in [0.5, 0.6) is 0 Å². The highest BCUT2D eigenvalue weighted by atomic mass is 32.2. The highest BCUT2D eigenvalue weighted by Gasteiger charge is 1.97. The fourth-order valence-corrected chi connectivity index (χ4v) is 6.10. The molecule has 34 heavy (non-hydrogen) atoms. The molecule has 0 heterocycles. The van der Waals surface area contributed by atoms with Gasteiger partial charge in [-0.05, 0) is 24.3 Å². The van der Waals surface area contributed by atoms with Gasteiger partial charge in [-0.2, -0.15) is 11.8 Å². The van der Waals surface area contributed by atoms with E-state index in [1.54, 1.807) is 0 Å². The van der Waals surface area contributed by atoms with Gasteiger partial charge in [0, 0.05) is 0 Å². The van der Waals surface area contributed by atoms with E-state index < -0.39 is 0 Å². The molecule has 206 valence electrons. The summed E-state index contributed by atoms with van der Waals surface area (Å²) in [5, 5.41) is 0. The smallest absolute Gasteiger partial charge is 0.00675 e. The fraction of sp³-hybridized carbons (Fsp3) is 1.00. The van der Waals surface area contributed by atoms with Crippen molar-refractivity contribution in [2.24, 2.45) is 0 Å². The third-order valence-corrected chi connectivity index (χ3v) is 8.69. The van der Waals surface area contributed by atoms with Gasteiger partial charge in [0.1, 0.15) is 0 Å². The molecule has 0 bridgehead atoms. The fourth-order valence-electron chi connectivity index (χ4n) is 5.08. The third kappa shape index (κ3) is 32.4. The maximum Gasteiger partial charge on any atom is -0.00675 e. The van der Waals surface area contributed by atoms with Crippen LogP contribution in [0.4, 0.5) is 0 Å². The largest absolute Gasteiger partial charge is 0.162 e. The molecule has 1 heteroatoms. The average Bonchev–Trinajstić information content (AvgIpc) is 2.85. The van der Waals surface area contributed by atoms with Gasteiger partial charge < -0.3 is 0 Å². The minimum Gasteiger partial charge on any atom is -0.162 e. The van der Waals surface area contributed by atoms with Crippen LogP contribution in [0, 0.1) is 0 Å². The lowest BCUT2D eigenvalue weighted by atomic mass is 10.0. The van der Waals surface area contributed by atoms with Crippen LogP contribution in [0.3, 0.4) is 0 Å². The topological polar surface area (TPSA) is 0 Å². The van der Waals surface area contributed by atoms with Gasteiger partial charge in [0.25, 0.3) is 0 Å². The Hall–Kier alpha value is 0.350. The number of hydrogen-bond donors (Lipinski definition) is 0. The molecule has 0 N–H and O–H groups in total. The standard InChI is InChI=1S/C33H68S/c1-3-5-7-9-11-13-14-15-16-17-18-19-20-21-22-23-25-27-29-31-33-34-32-30-28-26-24-12-10-8-6-4-2/h3-33H2,1-2H3. The number of rotatable bonds is 31. The van der Waals surface area contributed by atoms with E-state index in [0.717, 1.165) is 0 Å². The molecule has 0 rings (SSSR count). The molecule has 0 aliphatic carbocycles. The lowest BCUT2D eigenvalue weighted by Gasteiger charge is -2.04. The summed E-state index contributed by atoms with van der Waals surface area (Å²) in [6.45, 7) is 4.61. The molecule has 0 aromatic rings. The van der Waals surface area contributed by atoms with Crippen molar-refractivity contribution in [3.8, 4) is 0 Å². The SMILES string of the molecule is CCCCCCCCCCCCCCCCCCCCCCSCCCCCCCCCCC. The predicted octanol–water partition coefficient (Wildman–Crippen LogP) is 13.1. The Morgan fingerprint density at radius 1 is 0.235 bits per heavy atom. The summed E-state index contributed by atoms with van der Waals surface area (Å²) in [6.07, 6.45) is 42.7. The maximum absolute atomic E-state index is 2.31. The molecular weight excluding hydrogens is 428 g/mol. The summed E-state index contributed by atoms with van der Waals surface area (Å²) < 4.78 is 0. The van der Waals surface area contributed by atoms with Gasteiger partial charge in [0.2, 0.25) is 0 Å². The molecular formula is C33H68S. The molecule has 0 atom stereocenters. The molecule has 0 aliphatic heterocycles. The molecule has 0 nitrogen and oxygen atoms in total. The van der Waals surface area contributed by atoms with Crippen LogP contribution in [-0.2, 0) is 0 Å². The van der Waals surface area contributed by atoms with Crippen LogP contribution in [0.2, 0.25) is 0 Å². The van der Waals surface area contributed by atoms with E-state index in [9.17, 15) is 0 Å². The quantitative estimate of drug-likeness (QED) is 0.0859. The Morgan fingerprint density at radius 2 is 0.412 bits per heavy atom. The first-order chi connectivity index (χ1) is 16.9. The Balaban J connectivity index is 2.99. The predicted molar refractivity (Wildman–Crippen MR) is 163 cm³/mol. The number of hydrogen-bond acceptors (Lipinski definition) is 1. The van der Waals surface area contributed by atoms with Gasteiger partial charge in [-0.25, -0.2) is 0 Å². The number of unbranched alkanes of at least 4 members (excludes halogenated alkanes) is 27. The van der Waals surface area contributed by atoms with Crippen LogP contribution >= 0.6 is 11.8 Å². The molecule has 0 unspecified atom stereocenters. The molecule has 0 amide bonds. The highest BCUT2D eigenvalue weighted by Crippen LogP contribution is 2.16. The van der Waals surface area contributed by atoms with Crippen molar-refractivity contribution in [2.45, 2.75) is 200 Å². The Kier molecular flexibility index (Phi) is 33.7. The van der Waals surface area contributed by atoms with E-state index in [1.807, 2.05) is 0 Å². The zero-order chi connectivity index (χ0) is 24.6. The molecule has 0 fully saturated rings. The molecule has 0 radical (unpaired) electrons. The molecule has 0 aromatic carbocycles. The molecule has 0 aliphatic rings. The lowest BCUT2D eigenvalue weighted by Crippen LogP contribution is -1.87. The van der Waals surface area contributed by atoms with Gasteiger partial charge in [-0.15, -0.1) is 0 Å². The first-order valence-corrected chi connectivity index (χ1v) is 17.6. The second-order valence-electron chi connectivity index (χ2n) is 11.2. The van der Waals surface area contributed by atoms with Gasteiger partial charge in [-0.3, -0.25) is 0 Å². The van der Waals surface area contributed by atoms with Crippen molar-refractivity contribution in [1.82, 2.24) is 0 Å². The maximum atomic E-state index is 2.31. The van der Waals surface area contributed by atoms with E-state index in [4.69, 9.17) is 0 Å². The first kappa shape index (κ1) is 34.4. The average molecular weight is 497 g/mol. The van der Waals surface area contributed by atoms with Crippen molar-refractivity contribution < 1.29 is 0 Å². The van der Waals surface area contributed by atoms with Crippen LogP contribution < -0.4 is 0 Å². The molecule has 0 aromatic heterocycles. The van der Waals surface area contributed by atoms with E-state index in [0.29, 0.717) is 0 Å². The zero-order valence-corrected chi connectivity index (χ0v) is 25.1. The zero-order valence-electron chi connectivity index (χ0n) is 24.3. The summed E-state index contributed by atoms with van der Waals surface area (Å²) in [4.78, 5) is 0. The van der Waals surface area contributed by atoms with Crippen molar-refractivity contribution in [3.05, 3.63) is 0 Å². The minimum absolute atomic E-state index is 1.37. The van der Waals surface area contributed by atoms with Crippen molar-refractivity contribution in [2.75, 3.05) is 11.5 Å². The first-order valence-electron chi connectivity index (χ1n) is 16.5. The second-order valence-corrected chi connectivity index (χ2v) is 12.4. The van der Waals surface area contributed by atoms with Gasteiger partial charge in [-0.1, -0.05) is 187 Å². The van der Waals surface area contributed by atoms with Crippen molar-refractivity contribution in [1.29, 1.82) is 0 Å². The summed E-state index contributed by atoms with van der Waals surface area (Å²) in [6, 6.07) is 0. The summed E-state index contributed by atoms with van der Waals surface area (Å²) in [5.41, 5.74) is 0. The second kappa shape index (κ2) is 33.4. The van der Waals surface area contributed by atoms with Crippen molar-refractivity contribution in [3.63, 3.8) is 0 Å². The van der Waals surface area contributed by atoms with Gasteiger partial charge in [0.15, 0.2) is 0 Å². The normalized spacial score (nSPS) is 11.5. The number of thioether (sulfide) groups is 1. The van der Waals surface area contributed by atoms with Crippen LogP contribution in [0.1, 0.15) is 200 Å². The summed E-state index contributed by atoms with van der Waals surface area (Å²) in [7, 11) is 0. The van der Waals surface area contributed by atoms with E-state index in [2.05, 4.69) is 25.6 Å². The summed E-state index contributed by atoms with van der Waals surface area (Å²) >= 11 is 2.22. The van der Waals surface area contributed by atoms with Crippen LogP contribution in [0.25, 0.3) is 0 Å². The molecule has 0 saturated carbocycles. The van der Waals surface area contributed by atoms with E-state index in [1.165, 1.54) is 198 Å². The molecule has 0 saturated heterocycles. The van der Waals surface area contributed by atoms with Gasteiger partial charge in [0.05, 0.1) is 0 Å². The Bertz CT molecular complexity index is 295. The Morgan fingerprint density at radius 3 is 0.618 bits per heavy atom. The Labute approximate surface area is 223 Å². The third-order valence-electron chi connectivity index (χ3n) is 7.53. The minimum atomic E-state index is 1.37. The highest BCUT2D eigenvalue weighted by molar-refractivity contribution is 7.99. The van der Waals surface area contributed by atoms with Crippen molar-refractivity contribution >= 4 is 11.8 Å². The van der Waals surface area contributed by atoms with Gasteiger partial charge >= 0.3 is 0 Å².